The van der Waals surface area contributed by atoms with Gasteiger partial charge in [0.15, 0.2) is 5.43 Å². The number of aromatic amines is 2. The Hall–Kier alpha value is -3.51. The number of fused-ring (bicyclic) bond motifs is 1. The van der Waals surface area contributed by atoms with Gasteiger partial charge in [-0.1, -0.05) is 30.3 Å². The monoisotopic (exact) mass is 384 g/mol. The Labute approximate surface area is 164 Å². The normalized spacial score (nSPS) is 11.2. The lowest BCUT2D eigenvalue weighted by Crippen LogP contribution is -2.06. The zero-order valence-corrected chi connectivity index (χ0v) is 15.9. The summed E-state index contributed by atoms with van der Waals surface area (Å²) in [5.41, 5.74) is 5.80. The van der Waals surface area contributed by atoms with Crippen molar-refractivity contribution in [3.8, 4) is 33.0 Å². The van der Waals surface area contributed by atoms with Gasteiger partial charge in [-0.15, -0.1) is 11.3 Å². The molecule has 0 radical (unpaired) electrons. The number of benzene rings is 2. The highest BCUT2D eigenvalue weighted by atomic mass is 32.1. The van der Waals surface area contributed by atoms with E-state index in [2.05, 4.69) is 32.1 Å². The summed E-state index contributed by atoms with van der Waals surface area (Å²) in [5.74, 6) is 0. The third kappa shape index (κ3) is 2.75. The van der Waals surface area contributed by atoms with Gasteiger partial charge < -0.3 is 9.97 Å². The van der Waals surface area contributed by atoms with Gasteiger partial charge in [-0.2, -0.15) is 0 Å². The highest BCUT2D eigenvalue weighted by molar-refractivity contribution is 7.21. The van der Waals surface area contributed by atoms with Crippen molar-refractivity contribution in [2.45, 2.75) is 6.92 Å². The van der Waals surface area contributed by atoms with Crippen LogP contribution >= 0.6 is 11.3 Å². The number of H-pyrrole nitrogens is 2. The van der Waals surface area contributed by atoms with Gasteiger partial charge in [-0.05, 0) is 30.2 Å². The van der Waals surface area contributed by atoms with E-state index in [1.165, 1.54) is 0 Å². The van der Waals surface area contributed by atoms with E-state index in [1.54, 1.807) is 36.4 Å². The zero-order valence-electron chi connectivity index (χ0n) is 15.1. The molecule has 6 heteroatoms. The first-order chi connectivity index (χ1) is 13.7. The largest absolute Gasteiger partial charge is 0.345 e. The Kier molecular flexibility index (Phi) is 3.91. The van der Waals surface area contributed by atoms with Crippen LogP contribution in [0.15, 0.2) is 72.3 Å². The number of aromatic nitrogens is 4. The molecule has 3 heterocycles. The van der Waals surface area contributed by atoms with E-state index in [-0.39, 0.29) is 5.43 Å². The number of imidazole rings is 2. The molecule has 0 fully saturated rings. The number of nitrogens with one attached hydrogen (secondary N) is 2. The third-order valence-electron chi connectivity index (χ3n) is 4.88. The molecule has 5 aromatic rings. The maximum absolute atomic E-state index is 13.1. The SMILES string of the molecule is Cc1c(-c2ccc(-c3cnc[nH]3)cc2)sc2ccc(-c3cnc[nH]3)cc2c1=O. The number of rotatable bonds is 3. The van der Waals surface area contributed by atoms with Gasteiger partial charge in [0.1, 0.15) is 0 Å². The molecule has 0 amide bonds. The molecule has 0 saturated carbocycles. The smallest absolute Gasteiger partial charge is 0.191 e. The first-order valence-corrected chi connectivity index (χ1v) is 9.68. The highest BCUT2D eigenvalue weighted by Gasteiger charge is 2.12. The van der Waals surface area contributed by atoms with Gasteiger partial charge in [0.25, 0.3) is 0 Å². The molecule has 136 valence electrons. The van der Waals surface area contributed by atoms with Crippen LogP contribution in [0.1, 0.15) is 5.56 Å². The summed E-state index contributed by atoms with van der Waals surface area (Å²) >= 11 is 1.64. The molecule has 5 rings (SSSR count). The molecular weight excluding hydrogens is 368 g/mol. The maximum Gasteiger partial charge on any atom is 0.191 e. The fraction of sp³-hybridized carbons (Fsp3) is 0.0455. The zero-order chi connectivity index (χ0) is 19.1. The van der Waals surface area contributed by atoms with E-state index in [0.717, 1.165) is 48.6 Å². The molecule has 0 aliphatic heterocycles. The van der Waals surface area contributed by atoms with E-state index in [0.29, 0.717) is 0 Å². The topological polar surface area (TPSA) is 74.4 Å². The first-order valence-electron chi connectivity index (χ1n) is 8.86. The van der Waals surface area contributed by atoms with Gasteiger partial charge in [-0.3, -0.25) is 4.79 Å². The molecule has 28 heavy (non-hydrogen) atoms. The fourth-order valence-electron chi connectivity index (χ4n) is 3.36. The second kappa shape index (κ2) is 6.58. The van der Waals surface area contributed by atoms with Crippen LogP contribution in [0.25, 0.3) is 43.0 Å². The van der Waals surface area contributed by atoms with Crippen LogP contribution in [0.3, 0.4) is 0 Å². The second-order valence-corrected chi connectivity index (χ2v) is 7.66. The summed E-state index contributed by atoms with van der Waals surface area (Å²) in [5, 5.41) is 0.743. The van der Waals surface area contributed by atoms with E-state index < -0.39 is 0 Å². The molecule has 0 spiro atoms. The standard InChI is InChI=1S/C22H16N4OS/c1-13-21(27)17-8-16(19-10-24-12-26-19)6-7-20(17)28-22(13)15-4-2-14(3-5-15)18-9-23-11-25-18/h2-12H,1H3,(H,23,25)(H,24,26). The average molecular weight is 384 g/mol. The number of hydrogen-bond acceptors (Lipinski definition) is 4. The summed E-state index contributed by atoms with van der Waals surface area (Å²) < 4.78 is 0.978. The predicted octanol–water partition coefficient (Wildman–Crippen LogP) is 5.02. The summed E-state index contributed by atoms with van der Waals surface area (Å²) in [6, 6.07) is 14.2. The molecule has 3 aromatic heterocycles. The van der Waals surface area contributed by atoms with Gasteiger partial charge in [0, 0.05) is 26.1 Å². The lowest BCUT2D eigenvalue weighted by molar-refractivity contribution is 1.31. The Morgan fingerprint density at radius 3 is 2.07 bits per heavy atom. The van der Waals surface area contributed by atoms with Crippen molar-refractivity contribution in [1.29, 1.82) is 0 Å². The van der Waals surface area contributed by atoms with Crippen molar-refractivity contribution in [1.82, 2.24) is 19.9 Å². The van der Waals surface area contributed by atoms with E-state index in [9.17, 15) is 4.79 Å². The summed E-state index contributed by atoms with van der Waals surface area (Å²) in [7, 11) is 0. The predicted molar refractivity (Wildman–Crippen MR) is 113 cm³/mol. The summed E-state index contributed by atoms with van der Waals surface area (Å²) in [4.78, 5) is 28.4. The van der Waals surface area contributed by atoms with Crippen LogP contribution in [0.2, 0.25) is 0 Å². The van der Waals surface area contributed by atoms with Gasteiger partial charge >= 0.3 is 0 Å². The third-order valence-corrected chi connectivity index (χ3v) is 6.20. The Morgan fingerprint density at radius 1 is 0.821 bits per heavy atom. The summed E-state index contributed by atoms with van der Waals surface area (Å²) in [6.45, 7) is 1.90. The van der Waals surface area contributed by atoms with Crippen LogP contribution in [-0.2, 0) is 0 Å². The molecule has 0 aliphatic carbocycles. The van der Waals surface area contributed by atoms with Crippen molar-refractivity contribution >= 4 is 21.4 Å². The van der Waals surface area contributed by atoms with Crippen molar-refractivity contribution in [2.75, 3.05) is 0 Å². The lowest BCUT2D eigenvalue weighted by atomic mass is 10.0. The fourth-order valence-corrected chi connectivity index (χ4v) is 4.48. The van der Waals surface area contributed by atoms with Crippen LogP contribution in [0.4, 0.5) is 0 Å². The van der Waals surface area contributed by atoms with E-state index in [4.69, 9.17) is 0 Å². The molecular formula is C22H16N4OS. The number of hydrogen-bond donors (Lipinski definition) is 2. The van der Waals surface area contributed by atoms with Crippen LogP contribution in [-0.4, -0.2) is 19.9 Å². The molecule has 0 bridgehead atoms. The van der Waals surface area contributed by atoms with Crippen LogP contribution < -0.4 is 5.43 Å². The van der Waals surface area contributed by atoms with E-state index >= 15 is 0 Å². The van der Waals surface area contributed by atoms with Crippen LogP contribution in [0.5, 0.6) is 0 Å². The Morgan fingerprint density at radius 2 is 1.43 bits per heavy atom. The van der Waals surface area contributed by atoms with E-state index in [1.807, 2.05) is 37.3 Å². The van der Waals surface area contributed by atoms with Gasteiger partial charge in [0.2, 0.25) is 0 Å². The second-order valence-electron chi connectivity index (χ2n) is 6.60. The number of nitrogens with zero attached hydrogens (tertiary/aromatic N) is 2. The Balaban J connectivity index is 1.61. The molecule has 0 atom stereocenters. The minimum atomic E-state index is 0.0720. The molecule has 2 N–H and O–H groups in total. The van der Waals surface area contributed by atoms with Crippen molar-refractivity contribution < 1.29 is 0 Å². The van der Waals surface area contributed by atoms with Crippen molar-refractivity contribution in [2.24, 2.45) is 0 Å². The van der Waals surface area contributed by atoms with Crippen molar-refractivity contribution in [3.63, 3.8) is 0 Å². The Bertz CT molecular complexity index is 1320. The van der Waals surface area contributed by atoms with Gasteiger partial charge in [0.05, 0.1) is 36.4 Å². The first kappa shape index (κ1) is 16.6. The van der Waals surface area contributed by atoms with Crippen LogP contribution in [0, 0.1) is 6.92 Å². The highest BCUT2D eigenvalue weighted by Crippen LogP contribution is 2.33. The molecule has 5 nitrogen and oxygen atoms in total. The minimum absolute atomic E-state index is 0.0720. The maximum atomic E-state index is 13.1. The van der Waals surface area contributed by atoms with Crippen molar-refractivity contribution in [3.05, 3.63) is 83.3 Å². The average Bonchev–Trinajstić information content (AvgIpc) is 3.45. The molecule has 0 aliphatic rings. The molecule has 0 unspecified atom stereocenters. The quantitative estimate of drug-likeness (QED) is 0.459. The molecule has 2 aromatic carbocycles. The summed E-state index contributed by atoms with van der Waals surface area (Å²) in [6.07, 6.45) is 6.87. The molecule has 0 saturated heterocycles. The minimum Gasteiger partial charge on any atom is -0.345 e. The van der Waals surface area contributed by atoms with Gasteiger partial charge in [-0.25, -0.2) is 9.97 Å². The lowest BCUT2D eigenvalue weighted by Gasteiger charge is -2.09.